The van der Waals surface area contributed by atoms with Crippen LogP contribution in [0.5, 0.6) is 0 Å². The lowest BCUT2D eigenvalue weighted by molar-refractivity contribution is 0.402. The van der Waals surface area contributed by atoms with Gasteiger partial charge in [-0.15, -0.1) is 0 Å². The Balaban J connectivity index is 1.91. The lowest BCUT2D eigenvalue weighted by Gasteiger charge is -2.33. The highest BCUT2D eigenvalue weighted by molar-refractivity contribution is 7.99. The van der Waals surface area contributed by atoms with Gasteiger partial charge in [0.25, 0.3) is 0 Å². The van der Waals surface area contributed by atoms with Crippen molar-refractivity contribution in [2.45, 2.75) is 16.2 Å². The van der Waals surface area contributed by atoms with Gasteiger partial charge in [0, 0.05) is 16.3 Å². The number of hydrogen-bond acceptors (Lipinski definition) is 3. The van der Waals surface area contributed by atoms with Crippen LogP contribution in [0.2, 0.25) is 0 Å². The molecule has 0 atom stereocenters. The van der Waals surface area contributed by atoms with E-state index in [0.717, 1.165) is 19.5 Å². The molecule has 3 rings (SSSR count). The van der Waals surface area contributed by atoms with Gasteiger partial charge in [-0.05, 0) is 57.4 Å². The molecule has 103 valence electrons. The van der Waals surface area contributed by atoms with Crippen molar-refractivity contribution in [2.24, 2.45) is 0 Å². The summed E-state index contributed by atoms with van der Waals surface area (Å²) in [7, 11) is 4.25. The zero-order chi connectivity index (χ0) is 13.9. The third kappa shape index (κ3) is 2.69. The quantitative estimate of drug-likeness (QED) is 0.836. The van der Waals surface area contributed by atoms with E-state index in [4.69, 9.17) is 0 Å². The molecule has 20 heavy (non-hydrogen) atoms. The Morgan fingerprint density at radius 1 is 1.10 bits per heavy atom. The van der Waals surface area contributed by atoms with Crippen LogP contribution < -0.4 is 4.90 Å². The zero-order valence-corrected chi connectivity index (χ0v) is 12.8. The first-order valence-corrected chi connectivity index (χ1v) is 7.76. The van der Waals surface area contributed by atoms with E-state index >= 15 is 0 Å². The van der Waals surface area contributed by atoms with E-state index in [1.165, 1.54) is 21.2 Å². The summed E-state index contributed by atoms with van der Waals surface area (Å²) in [6.07, 6.45) is 1.15. The Labute approximate surface area is 125 Å². The van der Waals surface area contributed by atoms with Gasteiger partial charge in [-0.25, -0.2) is 0 Å². The van der Waals surface area contributed by atoms with Crippen molar-refractivity contribution in [3.8, 4) is 0 Å². The summed E-state index contributed by atoms with van der Waals surface area (Å²) in [6, 6.07) is 18.1. The highest BCUT2D eigenvalue weighted by atomic mass is 32.2. The molecular formula is C17H19N2S. The molecule has 3 heteroatoms. The van der Waals surface area contributed by atoms with Crippen LogP contribution in [0.4, 0.5) is 11.4 Å². The third-order valence-corrected chi connectivity index (χ3v) is 4.59. The van der Waals surface area contributed by atoms with Crippen LogP contribution in [0.1, 0.15) is 6.42 Å². The molecule has 1 radical (unpaired) electrons. The summed E-state index contributed by atoms with van der Waals surface area (Å²) in [6.45, 7) is 2.15. The van der Waals surface area contributed by atoms with Gasteiger partial charge in [-0.2, -0.15) is 0 Å². The maximum Gasteiger partial charge on any atom is 0.0559 e. The largest absolute Gasteiger partial charge is 0.340 e. The van der Waals surface area contributed by atoms with Crippen LogP contribution in [-0.4, -0.2) is 32.1 Å². The average molecular weight is 283 g/mol. The second-order valence-electron chi connectivity index (χ2n) is 5.27. The molecule has 0 unspecified atom stereocenters. The van der Waals surface area contributed by atoms with Gasteiger partial charge in [0.2, 0.25) is 0 Å². The lowest BCUT2D eigenvalue weighted by Crippen LogP contribution is -2.25. The Bertz CT molecular complexity index is 550. The van der Waals surface area contributed by atoms with E-state index in [1.807, 2.05) is 17.8 Å². The molecule has 1 heterocycles. The average Bonchev–Trinajstić information content (AvgIpc) is 2.46. The van der Waals surface area contributed by atoms with Gasteiger partial charge < -0.3 is 9.80 Å². The molecule has 0 aliphatic carbocycles. The highest BCUT2D eigenvalue weighted by Crippen LogP contribution is 2.47. The SMILES string of the molecule is CN(C)CCCN1c2c[c]ccc2Sc2ccccc21. The molecule has 1 aliphatic rings. The summed E-state index contributed by atoms with van der Waals surface area (Å²) < 4.78 is 0. The molecule has 0 saturated carbocycles. The molecule has 0 amide bonds. The highest BCUT2D eigenvalue weighted by Gasteiger charge is 2.22. The first-order valence-electron chi connectivity index (χ1n) is 6.95. The van der Waals surface area contributed by atoms with Crippen molar-refractivity contribution < 1.29 is 0 Å². The molecule has 2 aromatic carbocycles. The molecule has 0 aromatic heterocycles. The van der Waals surface area contributed by atoms with Gasteiger partial charge in [-0.3, -0.25) is 0 Å². The van der Waals surface area contributed by atoms with Crippen LogP contribution in [0, 0.1) is 6.07 Å². The van der Waals surface area contributed by atoms with E-state index in [9.17, 15) is 0 Å². The number of para-hydroxylation sites is 1. The van der Waals surface area contributed by atoms with Crippen LogP contribution in [0.25, 0.3) is 0 Å². The van der Waals surface area contributed by atoms with E-state index < -0.39 is 0 Å². The topological polar surface area (TPSA) is 6.48 Å². The standard InChI is InChI=1S/C17H19N2S/c1-18(2)12-7-13-19-14-8-3-5-10-16(14)20-17-11-6-4-9-15(17)19/h3,5-6,8-11H,7,12-13H2,1-2H3. The van der Waals surface area contributed by atoms with E-state index in [0.29, 0.717) is 0 Å². The van der Waals surface area contributed by atoms with Crippen molar-refractivity contribution in [2.75, 3.05) is 32.1 Å². The number of rotatable bonds is 4. The van der Waals surface area contributed by atoms with Crippen molar-refractivity contribution in [3.63, 3.8) is 0 Å². The van der Waals surface area contributed by atoms with Crippen molar-refractivity contribution in [3.05, 3.63) is 48.5 Å². The molecule has 0 fully saturated rings. The lowest BCUT2D eigenvalue weighted by atomic mass is 10.2. The molecule has 0 spiro atoms. The van der Waals surface area contributed by atoms with Gasteiger partial charge >= 0.3 is 0 Å². The Morgan fingerprint density at radius 3 is 2.75 bits per heavy atom. The smallest absolute Gasteiger partial charge is 0.0559 e. The Kier molecular flexibility index (Phi) is 3.99. The molecular weight excluding hydrogens is 264 g/mol. The minimum Gasteiger partial charge on any atom is -0.340 e. The van der Waals surface area contributed by atoms with Gasteiger partial charge in [0.1, 0.15) is 0 Å². The number of nitrogens with zero attached hydrogens (tertiary/aromatic N) is 2. The normalized spacial score (nSPS) is 13.2. The second-order valence-corrected chi connectivity index (χ2v) is 6.36. The summed E-state index contributed by atoms with van der Waals surface area (Å²) in [5.74, 6) is 0. The van der Waals surface area contributed by atoms with E-state index in [-0.39, 0.29) is 0 Å². The molecule has 0 bridgehead atoms. The van der Waals surface area contributed by atoms with Crippen molar-refractivity contribution >= 4 is 23.1 Å². The van der Waals surface area contributed by atoms with Gasteiger partial charge in [-0.1, -0.05) is 30.0 Å². The minimum atomic E-state index is 1.04. The van der Waals surface area contributed by atoms with E-state index in [1.54, 1.807) is 0 Å². The number of fused-ring (bicyclic) bond motifs is 2. The monoisotopic (exact) mass is 283 g/mol. The summed E-state index contributed by atoms with van der Waals surface area (Å²) in [5, 5.41) is 0. The molecule has 2 nitrogen and oxygen atoms in total. The number of anilines is 2. The van der Waals surface area contributed by atoms with Crippen molar-refractivity contribution in [1.82, 2.24) is 4.90 Å². The predicted octanol–water partition coefficient (Wildman–Crippen LogP) is 4.04. The van der Waals surface area contributed by atoms with Gasteiger partial charge in [0.15, 0.2) is 0 Å². The van der Waals surface area contributed by atoms with E-state index in [2.05, 4.69) is 66.4 Å². The Hall–Kier alpha value is -1.45. The van der Waals surface area contributed by atoms with Gasteiger partial charge in [0.05, 0.1) is 11.4 Å². The first kappa shape index (κ1) is 13.5. The molecule has 0 N–H and O–H groups in total. The summed E-state index contributed by atoms with van der Waals surface area (Å²) >= 11 is 1.85. The van der Waals surface area contributed by atoms with Crippen LogP contribution >= 0.6 is 11.8 Å². The third-order valence-electron chi connectivity index (χ3n) is 3.46. The minimum absolute atomic E-state index is 1.04. The maximum atomic E-state index is 3.22. The number of hydrogen-bond donors (Lipinski definition) is 0. The van der Waals surface area contributed by atoms with Crippen LogP contribution in [-0.2, 0) is 0 Å². The maximum absolute atomic E-state index is 3.22. The molecule has 1 aliphatic heterocycles. The fourth-order valence-corrected chi connectivity index (χ4v) is 3.58. The summed E-state index contributed by atoms with van der Waals surface area (Å²) in [4.78, 5) is 7.34. The predicted molar refractivity (Wildman–Crippen MR) is 86.0 cm³/mol. The van der Waals surface area contributed by atoms with Crippen LogP contribution in [0.3, 0.4) is 0 Å². The van der Waals surface area contributed by atoms with Crippen molar-refractivity contribution in [1.29, 1.82) is 0 Å². The zero-order valence-electron chi connectivity index (χ0n) is 12.0. The fourth-order valence-electron chi connectivity index (χ4n) is 2.51. The van der Waals surface area contributed by atoms with Crippen LogP contribution in [0.15, 0.2) is 52.3 Å². The fraction of sp³-hybridized carbons (Fsp3) is 0.294. The first-order chi connectivity index (χ1) is 9.75. The number of benzene rings is 2. The Morgan fingerprint density at radius 2 is 1.90 bits per heavy atom. The summed E-state index contributed by atoms with van der Waals surface area (Å²) in [5.41, 5.74) is 2.61. The molecule has 2 aromatic rings. The second kappa shape index (κ2) is 5.90. The molecule has 0 saturated heterocycles.